The first kappa shape index (κ1) is 26.0. The number of rotatable bonds is 8. The lowest BCUT2D eigenvalue weighted by Crippen LogP contribution is -2.49. The van der Waals surface area contributed by atoms with Crippen molar-refractivity contribution in [3.63, 3.8) is 0 Å². The molecule has 2 aromatic carbocycles. The summed E-state index contributed by atoms with van der Waals surface area (Å²) >= 11 is 6.11. The Kier molecular flexibility index (Phi) is 7.87. The van der Waals surface area contributed by atoms with Gasteiger partial charge in [-0.1, -0.05) is 43.6 Å². The third-order valence-electron chi connectivity index (χ3n) is 5.83. The zero-order chi connectivity index (χ0) is 25.9. The number of benzene rings is 2. The van der Waals surface area contributed by atoms with Crippen LogP contribution in [0.4, 0.5) is 11.4 Å². The maximum Gasteiger partial charge on any atom is 0.316 e. The molecule has 11 heteroatoms. The first-order valence-electron chi connectivity index (χ1n) is 11.7. The van der Waals surface area contributed by atoms with Crippen molar-refractivity contribution in [2.24, 2.45) is 5.92 Å². The van der Waals surface area contributed by atoms with Crippen LogP contribution in [-0.2, 0) is 15.8 Å². The van der Waals surface area contributed by atoms with Crippen molar-refractivity contribution in [1.29, 1.82) is 0 Å². The van der Waals surface area contributed by atoms with E-state index in [1.54, 1.807) is 54.7 Å². The summed E-state index contributed by atoms with van der Waals surface area (Å²) in [4.78, 5) is 15.3. The lowest BCUT2D eigenvalue weighted by Gasteiger charge is -2.35. The van der Waals surface area contributed by atoms with Gasteiger partial charge in [0.05, 0.1) is 24.2 Å². The Balaban J connectivity index is 1.55. The second-order valence-electron chi connectivity index (χ2n) is 9.14. The van der Waals surface area contributed by atoms with E-state index in [1.165, 1.54) is 8.99 Å². The van der Waals surface area contributed by atoms with Crippen molar-refractivity contribution >= 4 is 33.0 Å². The Bertz CT molecular complexity index is 1370. The minimum absolute atomic E-state index is 0.0900. The number of ether oxygens (including phenoxy) is 1. The Hall–Kier alpha value is -3.08. The van der Waals surface area contributed by atoms with E-state index < -0.39 is 15.6 Å². The second-order valence-corrected chi connectivity index (χ2v) is 11.5. The molecular weight excluding hydrogens is 502 g/mol. The van der Waals surface area contributed by atoms with E-state index in [-0.39, 0.29) is 30.5 Å². The summed E-state index contributed by atoms with van der Waals surface area (Å²) in [6, 6.07) is 13.7. The molecule has 0 radical (unpaired) electrons. The Labute approximate surface area is 216 Å². The highest BCUT2D eigenvalue weighted by Gasteiger charge is 2.29. The standard InChI is InChI=1S/C25H30ClN5O4S/c1-18(2)16-35-24-23(15-28-31(25(24)32)22-5-3-4-20(26)14-22)29-10-12-30(13-11-29)36(33,34)17-19-6-8-21(27)9-7-19/h3-9,14-15,18H,10-13,16-17,27H2,1-2H3. The molecule has 0 aliphatic carbocycles. The molecule has 2 N–H and O–H groups in total. The molecule has 0 saturated carbocycles. The maximum atomic E-state index is 13.4. The third kappa shape index (κ3) is 6.00. The number of nitrogens with zero attached hydrogens (tertiary/aromatic N) is 4. The van der Waals surface area contributed by atoms with Gasteiger partial charge in [0.15, 0.2) is 0 Å². The van der Waals surface area contributed by atoms with Gasteiger partial charge in [0.25, 0.3) is 0 Å². The van der Waals surface area contributed by atoms with Crippen molar-refractivity contribution < 1.29 is 13.2 Å². The van der Waals surface area contributed by atoms with Gasteiger partial charge in [-0.05, 0) is 41.8 Å². The zero-order valence-electron chi connectivity index (χ0n) is 20.3. The molecule has 1 fully saturated rings. The number of nitrogens with two attached hydrogens (primary N) is 1. The van der Waals surface area contributed by atoms with Crippen molar-refractivity contribution in [2.45, 2.75) is 19.6 Å². The molecule has 0 unspecified atom stereocenters. The quantitative estimate of drug-likeness (QED) is 0.444. The Morgan fingerprint density at radius 1 is 1.08 bits per heavy atom. The number of halogens is 1. The Morgan fingerprint density at radius 2 is 1.78 bits per heavy atom. The fourth-order valence-electron chi connectivity index (χ4n) is 3.95. The molecule has 4 rings (SSSR count). The summed E-state index contributed by atoms with van der Waals surface area (Å²) in [6.07, 6.45) is 1.59. The Morgan fingerprint density at radius 3 is 2.42 bits per heavy atom. The molecule has 0 spiro atoms. The normalized spacial score (nSPS) is 14.8. The van der Waals surface area contributed by atoms with Crippen LogP contribution in [0.5, 0.6) is 5.75 Å². The van der Waals surface area contributed by atoms with Crippen LogP contribution in [0.25, 0.3) is 5.69 Å². The molecule has 0 atom stereocenters. The first-order chi connectivity index (χ1) is 17.1. The highest BCUT2D eigenvalue weighted by Crippen LogP contribution is 2.27. The number of piperazine rings is 1. The minimum Gasteiger partial charge on any atom is -0.486 e. The van der Waals surface area contributed by atoms with Gasteiger partial charge in [-0.15, -0.1) is 0 Å². The van der Waals surface area contributed by atoms with Gasteiger partial charge in [0, 0.05) is 36.9 Å². The smallest absolute Gasteiger partial charge is 0.316 e. The number of hydrogen-bond acceptors (Lipinski definition) is 7. The summed E-state index contributed by atoms with van der Waals surface area (Å²) in [7, 11) is -3.50. The molecule has 2 heterocycles. The van der Waals surface area contributed by atoms with E-state index in [1.807, 2.05) is 18.7 Å². The molecule has 0 amide bonds. The number of anilines is 2. The molecule has 192 valence electrons. The van der Waals surface area contributed by atoms with Crippen LogP contribution in [0.1, 0.15) is 19.4 Å². The number of hydrogen-bond donors (Lipinski definition) is 1. The minimum atomic E-state index is -3.50. The lowest BCUT2D eigenvalue weighted by atomic mass is 10.2. The monoisotopic (exact) mass is 531 g/mol. The molecule has 36 heavy (non-hydrogen) atoms. The van der Waals surface area contributed by atoms with Gasteiger partial charge in [-0.3, -0.25) is 4.79 Å². The van der Waals surface area contributed by atoms with Crippen LogP contribution in [0.15, 0.2) is 59.5 Å². The van der Waals surface area contributed by atoms with Gasteiger partial charge >= 0.3 is 5.56 Å². The average molecular weight is 532 g/mol. The number of aromatic nitrogens is 2. The maximum absolute atomic E-state index is 13.4. The topological polar surface area (TPSA) is 111 Å². The molecular formula is C25H30ClN5O4S. The van der Waals surface area contributed by atoms with E-state index in [0.717, 1.165) is 0 Å². The molecule has 1 aliphatic heterocycles. The SMILES string of the molecule is CC(C)COc1c(N2CCN(S(=O)(=O)Cc3ccc(N)cc3)CC2)cnn(-c2cccc(Cl)c2)c1=O. The lowest BCUT2D eigenvalue weighted by molar-refractivity contribution is 0.265. The summed E-state index contributed by atoms with van der Waals surface area (Å²) in [5.74, 6) is 0.310. The van der Waals surface area contributed by atoms with Gasteiger partial charge in [0.2, 0.25) is 15.8 Å². The summed E-state index contributed by atoms with van der Waals surface area (Å²) < 4.78 is 34.7. The zero-order valence-corrected chi connectivity index (χ0v) is 21.9. The van der Waals surface area contributed by atoms with Gasteiger partial charge < -0.3 is 15.4 Å². The second kappa shape index (κ2) is 10.9. The van der Waals surface area contributed by atoms with Crippen LogP contribution in [0, 0.1) is 5.92 Å². The fourth-order valence-corrected chi connectivity index (χ4v) is 5.66. The van der Waals surface area contributed by atoms with Crippen LogP contribution in [0.2, 0.25) is 5.02 Å². The van der Waals surface area contributed by atoms with Crippen LogP contribution in [-0.4, -0.2) is 55.3 Å². The van der Waals surface area contributed by atoms with E-state index in [2.05, 4.69) is 5.10 Å². The van der Waals surface area contributed by atoms with Gasteiger partial charge in [0.1, 0.15) is 5.69 Å². The van der Waals surface area contributed by atoms with Crippen LogP contribution in [0.3, 0.4) is 0 Å². The average Bonchev–Trinajstić information content (AvgIpc) is 2.84. The predicted octanol–water partition coefficient (Wildman–Crippen LogP) is 3.15. The van der Waals surface area contributed by atoms with Crippen molar-refractivity contribution in [1.82, 2.24) is 14.1 Å². The number of sulfonamides is 1. The predicted molar refractivity (Wildman–Crippen MR) is 142 cm³/mol. The van der Waals surface area contributed by atoms with E-state index in [4.69, 9.17) is 22.1 Å². The van der Waals surface area contributed by atoms with Crippen LogP contribution >= 0.6 is 11.6 Å². The molecule has 1 aliphatic rings. The highest BCUT2D eigenvalue weighted by molar-refractivity contribution is 7.88. The van der Waals surface area contributed by atoms with E-state index in [9.17, 15) is 13.2 Å². The van der Waals surface area contributed by atoms with Crippen LogP contribution < -0.4 is 20.9 Å². The summed E-state index contributed by atoms with van der Waals surface area (Å²) in [5, 5.41) is 4.86. The van der Waals surface area contributed by atoms with Crippen molar-refractivity contribution in [3.05, 3.63) is 75.7 Å². The fraction of sp³-hybridized carbons (Fsp3) is 0.360. The van der Waals surface area contributed by atoms with Crippen molar-refractivity contribution in [2.75, 3.05) is 43.4 Å². The highest BCUT2D eigenvalue weighted by atomic mass is 35.5. The molecule has 0 bridgehead atoms. The third-order valence-corrected chi connectivity index (χ3v) is 7.92. The molecule has 1 aromatic heterocycles. The van der Waals surface area contributed by atoms with E-state index >= 15 is 0 Å². The van der Waals surface area contributed by atoms with Gasteiger partial charge in [-0.25, -0.2) is 8.42 Å². The van der Waals surface area contributed by atoms with Crippen molar-refractivity contribution in [3.8, 4) is 11.4 Å². The molecule has 3 aromatic rings. The summed E-state index contributed by atoms with van der Waals surface area (Å²) in [6.45, 7) is 5.75. The number of nitrogen functional groups attached to an aromatic ring is 1. The molecule has 1 saturated heterocycles. The summed E-state index contributed by atoms with van der Waals surface area (Å²) in [5.41, 5.74) is 7.67. The molecule has 9 nitrogen and oxygen atoms in total. The largest absolute Gasteiger partial charge is 0.486 e. The van der Waals surface area contributed by atoms with Gasteiger partial charge in [-0.2, -0.15) is 14.1 Å². The van der Waals surface area contributed by atoms with E-state index in [0.29, 0.717) is 47.3 Å². The first-order valence-corrected chi connectivity index (χ1v) is 13.7.